The number of aromatic nitrogens is 1. The average Bonchev–Trinajstić information content (AvgIpc) is 2.53. The number of fused-ring (bicyclic) bond motifs is 3. The summed E-state index contributed by atoms with van der Waals surface area (Å²) in [6, 6.07) is 10.0. The summed E-state index contributed by atoms with van der Waals surface area (Å²) in [5, 5.41) is 15.7. The highest BCUT2D eigenvalue weighted by molar-refractivity contribution is 5.88. The molecule has 2 aliphatic heterocycles. The molecular weight excluding hydrogens is 280 g/mol. The van der Waals surface area contributed by atoms with Crippen molar-refractivity contribution in [3.63, 3.8) is 0 Å². The van der Waals surface area contributed by atoms with Crippen molar-refractivity contribution < 1.29 is 4.92 Å². The predicted molar refractivity (Wildman–Crippen MR) is 85.2 cm³/mol. The number of nitro groups is 1. The molecule has 22 heavy (non-hydrogen) atoms. The molecule has 114 valence electrons. The van der Waals surface area contributed by atoms with Crippen LogP contribution in [0.15, 0.2) is 30.3 Å². The first kappa shape index (κ1) is 13.5. The van der Waals surface area contributed by atoms with Crippen molar-refractivity contribution in [2.24, 2.45) is 0 Å². The summed E-state index contributed by atoms with van der Waals surface area (Å²) >= 11 is 0. The minimum absolute atomic E-state index is 0.0784. The molecule has 3 heterocycles. The van der Waals surface area contributed by atoms with Gasteiger partial charge in [-0.25, -0.2) is 4.98 Å². The SMILES string of the molecule is O=[N+]([O-])c1cccc2ccc(N3CC4CCCC(C3)N4)nc12. The number of benzene rings is 1. The molecule has 0 radical (unpaired) electrons. The number of pyridine rings is 1. The molecule has 0 aliphatic carbocycles. The molecule has 6 nitrogen and oxygen atoms in total. The summed E-state index contributed by atoms with van der Waals surface area (Å²) in [4.78, 5) is 17.7. The Labute approximate surface area is 128 Å². The van der Waals surface area contributed by atoms with E-state index < -0.39 is 0 Å². The number of nitrogens with zero attached hydrogens (tertiary/aromatic N) is 3. The van der Waals surface area contributed by atoms with Crippen LogP contribution in [0, 0.1) is 10.1 Å². The van der Waals surface area contributed by atoms with Crippen LogP contribution in [0.4, 0.5) is 11.5 Å². The topological polar surface area (TPSA) is 71.3 Å². The summed E-state index contributed by atoms with van der Waals surface area (Å²) in [7, 11) is 0. The number of piperidine rings is 1. The maximum Gasteiger partial charge on any atom is 0.295 e. The fourth-order valence-corrected chi connectivity index (χ4v) is 3.64. The second-order valence-corrected chi connectivity index (χ2v) is 6.17. The Morgan fingerprint density at radius 3 is 2.68 bits per heavy atom. The molecule has 2 atom stereocenters. The maximum atomic E-state index is 11.2. The summed E-state index contributed by atoms with van der Waals surface area (Å²) in [6.45, 7) is 1.85. The Morgan fingerprint density at radius 2 is 1.95 bits per heavy atom. The third-order valence-corrected chi connectivity index (χ3v) is 4.66. The quantitative estimate of drug-likeness (QED) is 0.681. The molecule has 2 unspecified atom stereocenters. The van der Waals surface area contributed by atoms with Gasteiger partial charge in [0.15, 0.2) is 5.52 Å². The number of non-ortho nitro benzene ring substituents is 1. The van der Waals surface area contributed by atoms with Crippen molar-refractivity contribution >= 4 is 22.4 Å². The molecule has 2 aromatic rings. The van der Waals surface area contributed by atoms with Crippen molar-refractivity contribution in [1.29, 1.82) is 0 Å². The lowest BCUT2D eigenvalue weighted by Crippen LogP contribution is -2.59. The fraction of sp³-hybridized carbons (Fsp3) is 0.438. The van der Waals surface area contributed by atoms with Crippen molar-refractivity contribution in [3.8, 4) is 0 Å². The Hall–Kier alpha value is -2.21. The van der Waals surface area contributed by atoms with Crippen LogP contribution < -0.4 is 10.2 Å². The van der Waals surface area contributed by atoms with Crippen LogP contribution in [0.5, 0.6) is 0 Å². The lowest BCUT2D eigenvalue weighted by atomic mass is 9.94. The van der Waals surface area contributed by atoms with E-state index in [2.05, 4.69) is 15.2 Å². The number of anilines is 1. The molecule has 1 aromatic heterocycles. The van der Waals surface area contributed by atoms with Gasteiger partial charge in [0, 0.05) is 36.6 Å². The van der Waals surface area contributed by atoms with Crippen LogP contribution in [0.25, 0.3) is 10.9 Å². The standard InChI is InChI=1S/C16H18N4O2/c21-20(22)14-6-1-3-11-7-8-15(18-16(11)14)19-9-12-4-2-5-13(10-19)17-12/h1,3,6-8,12-13,17H,2,4-5,9-10H2. The van der Waals surface area contributed by atoms with Crippen LogP contribution in [0.3, 0.4) is 0 Å². The second-order valence-electron chi connectivity index (χ2n) is 6.17. The van der Waals surface area contributed by atoms with Crippen LogP contribution >= 0.6 is 0 Å². The van der Waals surface area contributed by atoms with E-state index in [-0.39, 0.29) is 10.6 Å². The van der Waals surface area contributed by atoms with Gasteiger partial charge in [-0.15, -0.1) is 0 Å². The Kier molecular flexibility index (Phi) is 3.18. The lowest BCUT2D eigenvalue weighted by molar-refractivity contribution is -0.383. The number of hydrogen-bond acceptors (Lipinski definition) is 5. The van der Waals surface area contributed by atoms with Crippen LogP contribution in [0.2, 0.25) is 0 Å². The van der Waals surface area contributed by atoms with Crippen LogP contribution in [0.1, 0.15) is 19.3 Å². The van der Waals surface area contributed by atoms with Gasteiger partial charge >= 0.3 is 0 Å². The lowest BCUT2D eigenvalue weighted by Gasteiger charge is -2.43. The van der Waals surface area contributed by atoms with Gasteiger partial charge in [0.25, 0.3) is 5.69 Å². The van der Waals surface area contributed by atoms with E-state index in [9.17, 15) is 10.1 Å². The van der Waals surface area contributed by atoms with Gasteiger partial charge in [-0.1, -0.05) is 18.6 Å². The van der Waals surface area contributed by atoms with E-state index in [0.717, 1.165) is 24.3 Å². The Bertz CT molecular complexity index is 721. The van der Waals surface area contributed by atoms with Crippen molar-refractivity contribution in [2.75, 3.05) is 18.0 Å². The normalized spacial score (nSPS) is 24.5. The highest BCUT2D eigenvalue weighted by atomic mass is 16.6. The third-order valence-electron chi connectivity index (χ3n) is 4.66. The van der Waals surface area contributed by atoms with E-state index in [4.69, 9.17) is 0 Å². The molecule has 0 amide bonds. The first-order valence-corrected chi connectivity index (χ1v) is 7.76. The molecule has 4 rings (SSSR count). The van der Waals surface area contributed by atoms with Gasteiger partial charge in [0.1, 0.15) is 5.82 Å². The number of nitro benzene ring substituents is 1. The van der Waals surface area contributed by atoms with Crippen molar-refractivity contribution in [2.45, 2.75) is 31.3 Å². The van der Waals surface area contributed by atoms with E-state index in [0.29, 0.717) is 17.6 Å². The average molecular weight is 298 g/mol. The monoisotopic (exact) mass is 298 g/mol. The minimum atomic E-state index is -0.356. The smallest absolute Gasteiger partial charge is 0.295 e. The second kappa shape index (κ2) is 5.21. The molecular formula is C16H18N4O2. The van der Waals surface area contributed by atoms with Gasteiger partial charge in [-0.2, -0.15) is 0 Å². The Morgan fingerprint density at radius 1 is 1.18 bits per heavy atom. The summed E-state index contributed by atoms with van der Waals surface area (Å²) < 4.78 is 0. The molecule has 2 saturated heterocycles. The number of piperazine rings is 1. The van der Waals surface area contributed by atoms with Crippen molar-refractivity contribution in [3.05, 3.63) is 40.4 Å². The maximum absolute atomic E-state index is 11.2. The zero-order chi connectivity index (χ0) is 15.1. The van der Waals surface area contributed by atoms with E-state index in [1.165, 1.54) is 25.3 Å². The number of hydrogen-bond donors (Lipinski definition) is 1. The zero-order valence-corrected chi connectivity index (χ0v) is 12.2. The Balaban J connectivity index is 1.73. The van der Waals surface area contributed by atoms with E-state index >= 15 is 0 Å². The predicted octanol–water partition coefficient (Wildman–Crippen LogP) is 2.47. The highest BCUT2D eigenvalue weighted by Crippen LogP contribution is 2.28. The first-order chi connectivity index (χ1) is 10.7. The largest absolute Gasteiger partial charge is 0.353 e. The molecule has 2 aliphatic rings. The highest BCUT2D eigenvalue weighted by Gasteiger charge is 2.30. The van der Waals surface area contributed by atoms with Crippen molar-refractivity contribution in [1.82, 2.24) is 10.3 Å². The minimum Gasteiger partial charge on any atom is -0.353 e. The number of nitrogens with one attached hydrogen (secondary N) is 1. The number of rotatable bonds is 2. The molecule has 2 fully saturated rings. The fourth-order valence-electron chi connectivity index (χ4n) is 3.64. The molecule has 1 aromatic carbocycles. The van der Waals surface area contributed by atoms with Gasteiger partial charge < -0.3 is 10.2 Å². The molecule has 0 saturated carbocycles. The molecule has 6 heteroatoms. The van der Waals surface area contributed by atoms with Gasteiger partial charge in [-0.05, 0) is 25.0 Å². The summed E-state index contributed by atoms with van der Waals surface area (Å²) in [6.07, 6.45) is 3.67. The molecule has 0 spiro atoms. The summed E-state index contributed by atoms with van der Waals surface area (Å²) in [5.41, 5.74) is 0.559. The van der Waals surface area contributed by atoms with Crippen LogP contribution in [-0.4, -0.2) is 35.1 Å². The first-order valence-electron chi connectivity index (χ1n) is 7.76. The third kappa shape index (κ3) is 2.29. The molecule has 2 bridgehead atoms. The zero-order valence-electron chi connectivity index (χ0n) is 12.2. The van der Waals surface area contributed by atoms with Gasteiger partial charge in [0.05, 0.1) is 4.92 Å². The molecule has 1 N–H and O–H groups in total. The van der Waals surface area contributed by atoms with E-state index in [1.807, 2.05) is 18.2 Å². The van der Waals surface area contributed by atoms with Crippen LogP contribution in [-0.2, 0) is 0 Å². The van der Waals surface area contributed by atoms with Gasteiger partial charge in [-0.3, -0.25) is 10.1 Å². The van der Waals surface area contributed by atoms with E-state index in [1.54, 1.807) is 6.07 Å². The number of para-hydroxylation sites is 1. The van der Waals surface area contributed by atoms with Gasteiger partial charge in [0.2, 0.25) is 0 Å². The summed E-state index contributed by atoms with van der Waals surface area (Å²) in [5.74, 6) is 0.847.